The van der Waals surface area contributed by atoms with Crippen LogP contribution < -0.4 is 4.57 Å². The zero-order chi connectivity index (χ0) is 27.0. The average molecular weight is 391 g/mol. The van der Waals surface area contributed by atoms with E-state index in [1.807, 2.05) is 19.1 Å². The Labute approximate surface area is 180 Å². The van der Waals surface area contributed by atoms with Gasteiger partial charge in [-0.3, -0.25) is 0 Å². The van der Waals surface area contributed by atoms with E-state index < -0.39 is 30.8 Å². The van der Waals surface area contributed by atoms with Gasteiger partial charge in [0.2, 0.25) is 5.69 Å². The highest BCUT2D eigenvalue weighted by atomic mass is 19.1. The van der Waals surface area contributed by atoms with E-state index in [1.165, 1.54) is 12.3 Å². The number of hydrogen-bond acceptors (Lipinski definition) is 1. The average Bonchev–Trinajstić information content (AvgIpc) is 3.20. The van der Waals surface area contributed by atoms with Gasteiger partial charge < -0.3 is 4.42 Å². The molecule has 0 spiro atoms. The van der Waals surface area contributed by atoms with E-state index in [0.29, 0.717) is 28.0 Å². The Morgan fingerprint density at radius 2 is 1.76 bits per heavy atom. The third kappa shape index (κ3) is 2.82. The number of rotatable bonds is 2. The Balaban J connectivity index is 1.77. The first kappa shape index (κ1) is 10.9. The minimum absolute atomic E-state index is 0.0680. The molecule has 5 rings (SSSR count). The number of benzene rings is 3. The van der Waals surface area contributed by atoms with Gasteiger partial charge in [-0.1, -0.05) is 48.4 Å². The molecule has 3 heteroatoms. The smallest absolute Gasteiger partial charge is 0.219 e. The summed E-state index contributed by atoms with van der Waals surface area (Å²) in [5, 5.41) is 1.47. The van der Waals surface area contributed by atoms with Crippen LogP contribution in [-0.4, -0.2) is 0 Å². The van der Waals surface area contributed by atoms with Crippen LogP contribution in [0.5, 0.6) is 0 Å². The second kappa shape index (κ2) is 6.56. The van der Waals surface area contributed by atoms with Gasteiger partial charge in [-0.2, -0.15) is 0 Å². The molecular formula is C26H21FNO+. The molecule has 0 atom stereocenters. The summed E-state index contributed by atoms with van der Waals surface area (Å²) in [5.74, 6) is -0.843. The van der Waals surface area contributed by atoms with Crippen LogP contribution in [0.2, 0.25) is 0 Å². The maximum atomic E-state index is 14.9. The predicted molar refractivity (Wildman–Crippen MR) is 115 cm³/mol. The van der Waals surface area contributed by atoms with Crippen molar-refractivity contribution < 1.29 is 24.3 Å². The fourth-order valence-corrected chi connectivity index (χ4v) is 3.68. The van der Waals surface area contributed by atoms with Crippen LogP contribution in [0.1, 0.15) is 22.1 Å². The second-order valence-corrected chi connectivity index (χ2v) is 6.98. The molecule has 0 aliphatic carbocycles. The minimum Gasteiger partial charge on any atom is -0.455 e. The molecule has 0 bridgehead atoms. The molecular weight excluding hydrogens is 361 g/mol. The lowest BCUT2D eigenvalue weighted by Gasteiger charge is -2.06. The van der Waals surface area contributed by atoms with Crippen LogP contribution in [0.15, 0.2) is 77.2 Å². The van der Waals surface area contributed by atoms with Crippen molar-refractivity contribution in [1.29, 1.82) is 0 Å². The van der Waals surface area contributed by atoms with Crippen LogP contribution in [0.3, 0.4) is 0 Å². The normalized spacial score (nSPS) is 15.8. The first-order chi connectivity index (χ1) is 17.3. The number of fused-ring (bicyclic) bond motifs is 3. The molecule has 0 fully saturated rings. The summed E-state index contributed by atoms with van der Waals surface area (Å²) in [7, 11) is 1.64. The van der Waals surface area contributed by atoms with Crippen LogP contribution in [0, 0.1) is 19.6 Å². The molecule has 0 aliphatic rings. The molecule has 0 N–H and O–H groups in total. The van der Waals surface area contributed by atoms with Crippen molar-refractivity contribution in [2.24, 2.45) is 7.05 Å². The van der Waals surface area contributed by atoms with E-state index in [2.05, 4.69) is 0 Å². The van der Waals surface area contributed by atoms with Crippen molar-refractivity contribution in [2.45, 2.75) is 13.8 Å². The van der Waals surface area contributed by atoms with Gasteiger partial charge in [-0.05, 0) is 42.6 Å². The Bertz CT molecular complexity index is 1730. The molecule has 0 unspecified atom stereocenters. The van der Waals surface area contributed by atoms with Gasteiger partial charge >= 0.3 is 0 Å². The topological polar surface area (TPSA) is 17.0 Å². The number of pyridine rings is 1. The fourth-order valence-electron chi connectivity index (χ4n) is 3.68. The number of hydrogen-bond donors (Lipinski definition) is 0. The highest BCUT2D eigenvalue weighted by Gasteiger charge is 2.22. The molecule has 2 heterocycles. The van der Waals surface area contributed by atoms with Gasteiger partial charge in [0.25, 0.3) is 0 Å². The molecule has 0 amide bonds. The zero-order valence-electron chi connectivity index (χ0n) is 23.8. The highest BCUT2D eigenvalue weighted by Crippen LogP contribution is 2.38. The van der Waals surface area contributed by atoms with Gasteiger partial charge in [0, 0.05) is 26.5 Å². The maximum Gasteiger partial charge on any atom is 0.219 e. The fraction of sp³-hybridized carbons (Fsp3) is 0.115. The molecule has 2 nitrogen and oxygen atoms in total. The van der Waals surface area contributed by atoms with Gasteiger partial charge in [0.15, 0.2) is 6.20 Å². The standard InChI is InChI=1S/C26H21FNO/c1-16-9-11-21-20-12-10-19(18-7-5-4-6-8-18)13-24(20)29-26(21)25(16)23-14-22(27)17(2)15-28(23)3/h4-15H,1-3H3/q+1/i2D3,4D,5D,6D,7D,8D. The molecule has 0 radical (unpaired) electrons. The molecule has 142 valence electrons. The Hall–Kier alpha value is -3.46. The summed E-state index contributed by atoms with van der Waals surface area (Å²) in [5.41, 5.74) is 2.79. The van der Waals surface area contributed by atoms with Crippen LogP contribution in [0.4, 0.5) is 4.39 Å². The van der Waals surface area contributed by atoms with Crippen molar-refractivity contribution in [3.63, 3.8) is 0 Å². The van der Waals surface area contributed by atoms with Gasteiger partial charge in [-0.25, -0.2) is 8.96 Å². The van der Waals surface area contributed by atoms with Crippen LogP contribution >= 0.6 is 0 Å². The summed E-state index contributed by atoms with van der Waals surface area (Å²) < 4.78 is 85.8. The number of furan rings is 1. The quantitative estimate of drug-likeness (QED) is 0.314. The molecule has 5 aromatic rings. The lowest BCUT2D eigenvalue weighted by Crippen LogP contribution is -2.31. The van der Waals surface area contributed by atoms with E-state index in [9.17, 15) is 4.39 Å². The number of aryl methyl sites for hydroxylation is 3. The van der Waals surface area contributed by atoms with E-state index in [-0.39, 0.29) is 23.2 Å². The van der Waals surface area contributed by atoms with Gasteiger partial charge in [0.05, 0.1) is 12.4 Å². The summed E-state index contributed by atoms with van der Waals surface area (Å²) in [6.07, 6.45) is 1.26. The van der Waals surface area contributed by atoms with E-state index in [4.69, 9.17) is 15.4 Å². The number of halogens is 1. The van der Waals surface area contributed by atoms with Crippen molar-refractivity contribution in [3.8, 4) is 22.4 Å². The molecule has 3 aromatic carbocycles. The SMILES string of the molecule is [2H]c1c([2H])c([2H])c(-c2ccc3c(c2)oc2c(-c4cc(F)c(C([2H])([2H])[2H])c[n+]4C)c(C)ccc23)c([2H])c1[2H]. The highest BCUT2D eigenvalue weighted by molar-refractivity contribution is 6.10. The summed E-state index contributed by atoms with van der Waals surface area (Å²) in [6, 6.07) is 8.06. The third-order valence-corrected chi connectivity index (χ3v) is 5.12. The first-order valence-electron chi connectivity index (χ1n) is 13.0. The number of aromatic nitrogens is 1. The predicted octanol–water partition coefficient (Wildman–Crippen LogP) is 6.50. The van der Waals surface area contributed by atoms with Crippen molar-refractivity contribution >= 4 is 21.9 Å². The minimum atomic E-state index is -2.60. The summed E-state index contributed by atoms with van der Waals surface area (Å²) in [6.45, 7) is -0.754. The van der Waals surface area contributed by atoms with Gasteiger partial charge in [0.1, 0.15) is 24.0 Å². The summed E-state index contributed by atoms with van der Waals surface area (Å²) in [4.78, 5) is 0. The lowest BCUT2D eigenvalue weighted by molar-refractivity contribution is -0.661. The van der Waals surface area contributed by atoms with Crippen molar-refractivity contribution in [2.75, 3.05) is 0 Å². The second-order valence-electron chi connectivity index (χ2n) is 6.98. The Morgan fingerprint density at radius 1 is 0.966 bits per heavy atom. The van der Waals surface area contributed by atoms with Crippen LogP contribution in [0.25, 0.3) is 44.3 Å². The molecule has 0 saturated carbocycles. The first-order valence-corrected chi connectivity index (χ1v) is 9.04. The van der Waals surface area contributed by atoms with Crippen molar-refractivity contribution in [1.82, 2.24) is 0 Å². The van der Waals surface area contributed by atoms with E-state index in [1.54, 1.807) is 29.8 Å². The monoisotopic (exact) mass is 390 g/mol. The number of nitrogens with zero attached hydrogens (tertiary/aromatic N) is 1. The molecule has 2 aromatic heterocycles. The van der Waals surface area contributed by atoms with E-state index in [0.717, 1.165) is 16.3 Å². The molecule has 0 aliphatic heterocycles. The van der Waals surface area contributed by atoms with Gasteiger partial charge in [-0.15, -0.1) is 0 Å². The Morgan fingerprint density at radius 3 is 2.55 bits per heavy atom. The third-order valence-electron chi connectivity index (χ3n) is 5.12. The Kier molecular flexibility index (Phi) is 2.47. The maximum absolute atomic E-state index is 14.9. The lowest BCUT2D eigenvalue weighted by atomic mass is 9.99. The molecule has 0 saturated heterocycles. The van der Waals surface area contributed by atoms with Crippen LogP contribution in [-0.2, 0) is 7.05 Å². The van der Waals surface area contributed by atoms with Crippen molar-refractivity contribution in [3.05, 3.63) is 89.8 Å². The summed E-state index contributed by atoms with van der Waals surface area (Å²) >= 11 is 0. The molecule has 29 heavy (non-hydrogen) atoms. The largest absolute Gasteiger partial charge is 0.455 e. The zero-order valence-corrected chi connectivity index (χ0v) is 15.8. The van der Waals surface area contributed by atoms with E-state index >= 15 is 0 Å².